The standard InChI is InChI=1S/C18H26FN3O2.ClH/c1-11(2)17(20)18(24)21-9-16(23)22-10-14(8-12(22)3)13-4-6-15(19)7-5-13;/h4-7,11-12,14,17H,8-10,20H2,1-3H3,(H,21,24);1H/t12?,14?,17-;/m0./s1. The first-order valence-corrected chi connectivity index (χ1v) is 8.37. The molecule has 7 heteroatoms. The minimum Gasteiger partial charge on any atom is -0.346 e. The van der Waals surface area contributed by atoms with Gasteiger partial charge in [0.25, 0.3) is 0 Å². The van der Waals surface area contributed by atoms with Crippen LogP contribution in [0.2, 0.25) is 0 Å². The van der Waals surface area contributed by atoms with Crippen molar-refractivity contribution in [1.29, 1.82) is 0 Å². The number of nitrogens with two attached hydrogens (primary N) is 1. The maximum Gasteiger partial charge on any atom is 0.242 e. The fourth-order valence-electron chi connectivity index (χ4n) is 3.04. The maximum atomic E-state index is 13.0. The van der Waals surface area contributed by atoms with Crippen molar-refractivity contribution in [1.82, 2.24) is 10.2 Å². The SMILES string of the molecule is CC(C)[C@H](N)C(=O)NCC(=O)N1CC(c2ccc(F)cc2)CC1C.Cl. The molecule has 1 aromatic carbocycles. The van der Waals surface area contributed by atoms with Crippen molar-refractivity contribution in [3.05, 3.63) is 35.6 Å². The van der Waals surface area contributed by atoms with Crippen LogP contribution in [0.4, 0.5) is 4.39 Å². The van der Waals surface area contributed by atoms with E-state index in [2.05, 4.69) is 5.32 Å². The van der Waals surface area contributed by atoms with Gasteiger partial charge in [-0.05, 0) is 37.0 Å². The van der Waals surface area contributed by atoms with Crippen LogP contribution in [0.15, 0.2) is 24.3 Å². The predicted octanol–water partition coefficient (Wildman–Crippen LogP) is 2.05. The third kappa shape index (κ3) is 5.41. The number of rotatable bonds is 5. The number of nitrogens with one attached hydrogen (secondary N) is 1. The number of hydrogen-bond acceptors (Lipinski definition) is 3. The number of hydrogen-bond donors (Lipinski definition) is 2. The van der Waals surface area contributed by atoms with Crippen LogP contribution < -0.4 is 11.1 Å². The first-order valence-electron chi connectivity index (χ1n) is 8.37. The van der Waals surface area contributed by atoms with Crippen molar-refractivity contribution >= 4 is 24.2 Å². The Morgan fingerprint density at radius 1 is 1.32 bits per heavy atom. The average molecular weight is 372 g/mol. The number of halogens is 2. The molecule has 0 saturated carbocycles. The van der Waals surface area contributed by atoms with Gasteiger partial charge in [-0.2, -0.15) is 0 Å². The molecular weight excluding hydrogens is 345 g/mol. The summed E-state index contributed by atoms with van der Waals surface area (Å²) in [4.78, 5) is 26.0. The van der Waals surface area contributed by atoms with Crippen molar-refractivity contribution < 1.29 is 14.0 Å². The van der Waals surface area contributed by atoms with E-state index in [1.54, 1.807) is 17.0 Å². The minimum absolute atomic E-state index is 0. The molecule has 2 rings (SSSR count). The topological polar surface area (TPSA) is 75.4 Å². The Kier molecular flexibility index (Phi) is 7.83. The molecule has 1 saturated heterocycles. The smallest absolute Gasteiger partial charge is 0.242 e. The Morgan fingerprint density at radius 2 is 1.92 bits per heavy atom. The zero-order chi connectivity index (χ0) is 17.9. The highest BCUT2D eigenvalue weighted by molar-refractivity contribution is 5.87. The van der Waals surface area contributed by atoms with Gasteiger partial charge >= 0.3 is 0 Å². The number of carbonyl (C=O) groups is 2. The van der Waals surface area contributed by atoms with Gasteiger partial charge in [0.15, 0.2) is 0 Å². The molecule has 0 spiro atoms. The van der Waals surface area contributed by atoms with Gasteiger partial charge in [0.1, 0.15) is 5.82 Å². The van der Waals surface area contributed by atoms with Crippen molar-refractivity contribution in [3.63, 3.8) is 0 Å². The summed E-state index contributed by atoms with van der Waals surface area (Å²) in [7, 11) is 0. The molecule has 1 heterocycles. The molecule has 0 aromatic heterocycles. The zero-order valence-electron chi connectivity index (χ0n) is 14.9. The summed E-state index contributed by atoms with van der Waals surface area (Å²) in [6, 6.07) is 5.90. The van der Waals surface area contributed by atoms with E-state index in [1.165, 1.54) is 12.1 Å². The van der Waals surface area contributed by atoms with Gasteiger partial charge < -0.3 is 16.0 Å². The second kappa shape index (κ2) is 9.15. The molecule has 25 heavy (non-hydrogen) atoms. The molecule has 1 fully saturated rings. The number of benzene rings is 1. The van der Waals surface area contributed by atoms with Crippen molar-refractivity contribution in [2.75, 3.05) is 13.1 Å². The summed E-state index contributed by atoms with van der Waals surface area (Å²) in [6.07, 6.45) is 0.830. The third-order valence-electron chi connectivity index (χ3n) is 4.67. The van der Waals surface area contributed by atoms with Crippen LogP contribution in [0.5, 0.6) is 0 Å². The van der Waals surface area contributed by atoms with E-state index >= 15 is 0 Å². The number of likely N-dealkylation sites (tertiary alicyclic amines) is 1. The van der Waals surface area contributed by atoms with Gasteiger partial charge in [-0.3, -0.25) is 9.59 Å². The largest absolute Gasteiger partial charge is 0.346 e. The summed E-state index contributed by atoms with van der Waals surface area (Å²) < 4.78 is 13.0. The molecule has 3 atom stereocenters. The van der Waals surface area contributed by atoms with Crippen LogP contribution in [-0.2, 0) is 9.59 Å². The molecule has 3 N–H and O–H groups in total. The molecule has 0 bridgehead atoms. The lowest BCUT2D eigenvalue weighted by molar-refractivity contribution is -0.133. The Labute approximate surface area is 154 Å². The van der Waals surface area contributed by atoms with Gasteiger partial charge in [0, 0.05) is 18.5 Å². The second-order valence-corrected chi connectivity index (χ2v) is 6.87. The van der Waals surface area contributed by atoms with E-state index in [4.69, 9.17) is 5.73 Å². The molecule has 1 aliphatic rings. The van der Waals surface area contributed by atoms with Crippen molar-refractivity contribution in [3.8, 4) is 0 Å². The molecule has 140 valence electrons. The molecule has 1 aliphatic heterocycles. The molecule has 5 nitrogen and oxygen atoms in total. The molecule has 0 radical (unpaired) electrons. The molecule has 2 amide bonds. The van der Waals surface area contributed by atoms with E-state index < -0.39 is 6.04 Å². The summed E-state index contributed by atoms with van der Waals surface area (Å²) in [6.45, 7) is 6.25. The van der Waals surface area contributed by atoms with Crippen LogP contribution in [0.3, 0.4) is 0 Å². The molecule has 2 unspecified atom stereocenters. The first kappa shape index (κ1) is 21.4. The number of carbonyl (C=O) groups excluding carboxylic acids is 2. The minimum atomic E-state index is -0.610. The van der Waals surface area contributed by atoms with Crippen molar-refractivity contribution in [2.24, 2.45) is 11.7 Å². The van der Waals surface area contributed by atoms with Crippen LogP contribution in [0.25, 0.3) is 0 Å². The summed E-state index contributed by atoms with van der Waals surface area (Å²) in [5.41, 5.74) is 6.80. The van der Waals surface area contributed by atoms with E-state index in [-0.39, 0.29) is 54.5 Å². The Balaban J connectivity index is 0.00000312. The highest BCUT2D eigenvalue weighted by atomic mass is 35.5. The van der Waals surface area contributed by atoms with Gasteiger partial charge in [-0.1, -0.05) is 26.0 Å². The van der Waals surface area contributed by atoms with E-state index in [0.29, 0.717) is 6.54 Å². The molecule has 1 aromatic rings. The maximum absolute atomic E-state index is 13.0. The third-order valence-corrected chi connectivity index (χ3v) is 4.67. The fourth-order valence-corrected chi connectivity index (χ4v) is 3.04. The quantitative estimate of drug-likeness (QED) is 0.831. The Morgan fingerprint density at radius 3 is 2.48 bits per heavy atom. The van der Waals surface area contributed by atoms with E-state index in [9.17, 15) is 14.0 Å². The fraction of sp³-hybridized carbons (Fsp3) is 0.556. The monoisotopic (exact) mass is 371 g/mol. The van der Waals surface area contributed by atoms with Gasteiger partial charge in [0.05, 0.1) is 12.6 Å². The highest BCUT2D eigenvalue weighted by Crippen LogP contribution is 2.31. The normalized spacial score (nSPS) is 21.0. The van der Waals surface area contributed by atoms with E-state index in [1.807, 2.05) is 20.8 Å². The lowest BCUT2D eigenvalue weighted by Crippen LogP contribution is -2.48. The lowest BCUT2D eigenvalue weighted by Gasteiger charge is -2.22. The van der Waals surface area contributed by atoms with Crippen LogP contribution >= 0.6 is 12.4 Å². The lowest BCUT2D eigenvalue weighted by atomic mass is 9.97. The Hall–Kier alpha value is -1.66. The summed E-state index contributed by atoms with van der Waals surface area (Å²) >= 11 is 0. The van der Waals surface area contributed by atoms with Crippen LogP contribution in [0.1, 0.15) is 38.7 Å². The second-order valence-electron chi connectivity index (χ2n) is 6.87. The summed E-state index contributed by atoms with van der Waals surface area (Å²) in [5, 5.41) is 2.62. The predicted molar refractivity (Wildman–Crippen MR) is 98.0 cm³/mol. The van der Waals surface area contributed by atoms with E-state index in [0.717, 1.165) is 12.0 Å². The summed E-state index contributed by atoms with van der Waals surface area (Å²) in [5.74, 6) is -0.467. The van der Waals surface area contributed by atoms with Crippen LogP contribution in [-0.4, -0.2) is 41.9 Å². The Bertz CT molecular complexity index is 594. The molecule has 0 aliphatic carbocycles. The first-order chi connectivity index (χ1) is 11.3. The molecular formula is C18H27ClFN3O2. The highest BCUT2D eigenvalue weighted by Gasteiger charge is 2.33. The van der Waals surface area contributed by atoms with Crippen molar-refractivity contribution in [2.45, 2.75) is 45.2 Å². The van der Waals surface area contributed by atoms with Gasteiger partial charge in [-0.15, -0.1) is 12.4 Å². The van der Waals surface area contributed by atoms with Crippen LogP contribution in [0, 0.1) is 11.7 Å². The number of nitrogens with zero attached hydrogens (tertiary/aromatic N) is 1. The van der Waals surface area contributed by atoms with Gasteiger partial charge in [-0.25, -0.2) is 4.39 Å². The van der Waals surface area contributed by atoms with Gasteiger partial charge in [0.2, 0.25) is 11.8 Å². The average Bonchev–Trinajstić information content (AvgIpc) is 2.94. The zero-order valence-corrected chi connectivity index (χ0v) is 15.7. The number of amides is 2.